The average Bonchev–Trinajstić information content (AvgIpc) is 3.08. The Hall–Kier alpha value is -1.10. The van der Waals surface area contributed by atoms with Crippen LogP contribution in [0.1, 0.15) is 38.5 Å². The number of fused-ring (bicyclic) bond motifs is 1. The van der Waals surface area contributed by atoms with Crippen LogP contribution in [-0.4, -0.2) is 27.5 Å². The van der Waals surface area contributed by atoms with Gasteiger partial charge in [-0.2, -0.15) is 0 Å². The Bertz CT molecular complexity index is 620. The lowest BCUT2D eigenvalue weighted by atomic mass is 9.77. The van der Waals surface area contributed by atoms with E-state index in [2.05, 4.69) is 30.8 Å². The Morgan fingerprint density at radius 1 is 1.10 bits per heavy atom. The minimum atomic E-state index is 0.647. The van der Waals surface area contributed by atoms with E-state index in [4.69, 9.17) is 0 Å². The second-order valence-corrected chi connectivity index (χ2v) is 7.05. The number of rotatable bonds is 1. The van der Waals surface area contributed by atoms with Crippen molar-refractivity contribution in [2.24, 2.45) is 5.41 Å². The molecule has 1 saturated heterocycles. The molecule has 0 N–H and O–H groups in total. The zero-order valence-corrected chi connectivity index (χ0v) is 13.1. The van der Waals surface area contributed by atoms with Crippen LogP contribution in [0.4, 0.5) is 5.82 Å². The van der Waals surface area contributed by atoms with Crippen molar-refractivity contribution in [2.45, 2.75) is 38.5 Å². The molecule has 20 heavy (non-hydrogen) atoms. The molecule has 2 aromatic rings. The first-order chi connectivity index (χ1) is 9.76. The molecule has 5 heteroatoms. The molecule has 0 unspecified atom stereocenters. The minimum absolute atomic E-state index is 0.647. The molecule has 2 fully saturated rings. The van der Waals surface area contributed by atoms with Gasteiger partial charge >= 0.3 is 0 Å². The van der Waals surface area contributed by atoms with E-state index in [1.807, 2.05) is 23.0 Å². The van der Waals surface area contributed by atoms with E-state index >= 15 is 0 Å². The molecule has 2 aliphatic rings. The summed E-state index contributed by atoms with van der Waals surface area (Å²) >= 11 is 3.51. The van der Waals surface area contributed by atoms with Crippen LogP contribution in [0.2, 0.25) is 0 Å². The molecule has 0 bridgehead atoms. The van der Waals surface area contributed by atoms with Crippen LogP contribution in [0.25, 0.3) is 5.65 Å². The van der Waals surface area contributed by atoms with E-state index in [1.54, 1.807) is 0 Å². The van der Waals surface area contributed by atoms with Gasteiger partial charge in [0.15, 0.2) is 11.5 Å². The van der Waals surface area contributed by atoms with Crippen LogP contribution in [0.5, 0.6) is 0 Å². The summed E-state index contributed by atoms with van der Waals surface area (Å²) in [5.41, 5.74) is 1.62. The topological polar surface area (TPSA) is 33.4 Å². The maximum atomic E-state index is 4.67. The van der Waals surface area contributed by atoms with Crippen LogP contribution in [0, 0.1) is 5.41 Å². The third-order valence-electron chi connectivity index (χ3n) is 5.11. The zero-order valence-electron chi connectivity index (χ0n) is 11.6. The molecule has 4 rings (SSSR count). The third-order valence-corrected chi connectivity index (χ3v) is 5.50. The van der Waals surface area contributed by atoms with Crippen molar-refractivity contribution in [2.75, 3.05) is 18.0 Å². The van der Waals surface area contributed by atoms with Gasteiger partial charge in [-0.1, -0.05) is 12.8 Å². The first-order valence-corrected chi connectivity index (χ1v) is 8.29. The Morgan fingerprint density at radius 2 is 1.85 bits per heavy atom. The van der Waals surface area contributed by atoms with E-state index in [0.29, 0.717) is 5.41 Å². The fraction of sp³-hybridized carbons (Fsp3) is 0.600. The van der Waals surface area contributed by atoms with Crippen molar-refractivity contribution in [3.8, 4) is 0 Å². The molecule has 106 valence electrons. The van der Waals surface area contributed by atoms with Crippen molar-refractivity contribution < 1.29 is 0 Å². The minimum Gasteiger partial charge on any atom is -0.353 e. The van der Waals surface area contributed by atoms with E-state index < -0.39 is 0 Å². The smallest absolute Gasteiger partial charge is 0.180 e. The molecule has 1 spiro atoms. The van der Waals surface area contributed by atoms with Crippen LogP contribution in [-0.2, 0) is 0 Å². The summed E-state index contributed by atoms with van der Waals surface area (Å²) < 4.78 is 2.92. The molecule has 0 radical (unpaired) electrons. The highest BCUT2D eigenvalue weighted by molar-refractivity contribution is 9.10. The van der Waals surface area contributed by atoms with E-state index in [-0.39, 0.29) is 0 Å². The van der Waals surface area contributed by atoms with Crippen molar-refractivity contribution in [1.29, 1.82) is 0 Å². The highest BCUT2D eigenvalue weighted by Gasteiger charge is 2.37. The molecule has 4 nitrogen and oxygen atoms in total. The van der Waals surface area contributed by atoms with Crippen LogP contribution < -0.4 is 4.90 Å². The van der Waals surface area contributed by atoms with Crippen molar-refractivity contribution in [1.82, 2.24) is 14.4 Å². The lowest BCUT2D eigenvalue weighted by Gasteiger charge is -2.39. The van der Waals surface area contributed by atoms with E-state index in [9.17, 15) is 0 Å². The Morgan fingerprint density at radius 3 is 2.60 bits per heavy atom. The van der Waals surface area contributed by atoms with Gasteiger partial charge in [-0.25, -0.2) is 9.97 Å². The summed E-state index contributed by atoms with van der Waals surface area (Å²) in [4.78, 5) is 11.5. The average molecular weight is 335 g/mol. The molecule has 0 amide bonds. The monoisotopic (exact) mass is 334 g/mol. The number of hydrogen-bond donors (Lipinski definition) is 0. The van der Waals surface area contributed by atoms with Gasteiger partial charge in [0.2, 0.25) is 0 Å². The van der Waals surface area contributed by atoms with E-state index in [1.165, 1.54) is 38.5 Å². The quantitative estimate of drug-likeness (QED) is 0.798. The number of nitrogens with zero attached hydrogens (tertiary/aromatic N) is 4. The summed E-state index contributed by atoms with van der Waals surface area (Å²) in [5, 5.41) is 0. The summed E-state index contributed by atoms with van der Waals surface area (Å²) in [7, 11) is 0. The third kappa shape index (κ3) is 2.03. The molecule has 0 aromatic carbocycles. The van der Waals surface area contributed by atoms with Crippen LogP contribution in [0.15, 0.2) is 23.2 Å². The van der Waals surface area contributed by atoms with Gasteiger partial charge in [-0.05, 0) is 47.0 Å². The highest BCUT2D eigenvalue weighted by Crippen LogP contribution is 2.46. The summed E-state index contributed by atoms with van der Waals surface area (Å²) in [5.74, 6) is 1.03. The zero-order chi connectivity index (χ0) is 13.6. The molecular formula is C15H19BrN4. The number of anilines is 1. The normalized spacial score (nSPS) is 21.9. The van der Waals surface area contributed by atoms with Crippen LogP contribution >= 0.6 is 15.9 Å². The lowest BCUT2D eigenvalue weighted by molar-refractivity contribution is 0.226. The van der Waals surface area contributed by atoms with Gasteiger partial charge in [0.25, 0.3) is 0 Å². The second-order valence-electron chi connectivity index (χ2n) is 6.24. The highest BCUT2D eigenvalue weighted by atomic mass is 79.9. The molecule has 1 saturated carbocycles. The summed E-state index contributed by atoms with van der Waals surface area (Å²) in [6, 6.07) is 0. The van der Waals surface area contributed by atoms with Gasteiger partial charge in [0, 0.05) is 31.7 Å². The fourth-order valence-corrected chi connectivity index (χ4v) is 4.30. The fourth-order valence-electron chi connectivity index (χ4n) is 3.92. The molecule has 2 aromatic heterocycles. The van der Waals surface area contributed by atoms with Crippen LogP contribution in [0.3, 0.4) is 0 Å². The standard InChI is InChI=1S/C15H19BrN4/c16-12-11-20-10-7-17-13(20)14(18-12)19-8-5-15(6-9-19)3-1-2-4-15/h7,10-11H,1-6,8-9H2. The number of hydrogen-bond acceptors (Lipinski definition) is 3. The summed E-state index contributed by atoms with van der Waals surface area (Å²) in [6.45, 7) is 2.23. The second kappa shape index (κ2) is 4.72. The first-order valence-electron chi connectivity index (χ1n) is 7.50. The predicted octanol–water partition coefficient (Wildman–Crippen LogP) is 3.65. The van der Waals surface area contributed by atoms with Gasteiger partial charge in [0.05, 0.1) is 0 Å². The number of aromatic nitrogens is 3. The van der Waals surface area contributed by atoms with Gasteiger partial charge in [-0.3, -0.25) is 0 Å². The van der Waals surface area contributed by atoms with Crippen molar-refractivity contribution in [3.05, 3.63) is 23.2 Å². The first kappa shape index (κ1) is 12.6. The van der Waals surface area contributed by atoms with Gasteiger partial charge in [-0.15, -0.1) is 0 Å². The largest absolute Gasteiger partial charge is 0.353 e. The molecule has 1 aliphatic heterocycles. The SMILES string of the molecule is Brc1cn2ccnc2c(N2CCC3(CCCC3)CC2)n1. The molecular weight excluding hydrogens is 316 g/mol. The Balaban J connectivity index is 1.62. The molecule has 0 atom stereocenters. The maximum Gasteiger partial charge on any atom is 0.180 e. The van der Waals surface area contributed by atoms with Crippen molar-refractivity contribution >= 4 is 27.4 Å². The van der Waals surface area contributed by atoms with Gasteiger partial charge in [0.1, 0.15) is 4.60 Å². The molecule has 1 aliphatic carbocycles. The number of piperidine rings is 1. The maximum absolute atomic E-state index is 4.67. The van der Waals surface area contributed by atoms with Crippen molar-refractivity contribution in [3.63, 3.8) is 0 Å². The predicted molar refractivity (Wildman–Crippen MR) is 83.0 cm³/mol. The van der Waals surface area contributed by atoms with Gasteiger partial charge < -0.3 is 9.30 Å². The Labute approximate surface area is 127 Å². The van der Waals surface area contributed by atoms with E-state index in [0.717, 1.165) is 29.2 Å². The number of imidazole rings is 1. The Kier molecular flexibility index (Phi) is 2.98. The summed E-state index contributed by atoms with van der Waals surface area (Å²) in [6.07, 6.45) is 14.1. The lowest BCUT2D eigenvalue weighted by Crippen LogP contribution is -2.39. The molecule has 3 heterocycles. The number of halogens is 1.